The predicted octanol–water partition coefficient (Wildman–Crippen LogP) is 4.88. The Morgan fingerprint density at radius 1 is 1.19 bits per heavy atom. The summed E-state index contributed by atoms with van der Waals surface area (Å²) in [5, 5.41) is 0. The monoisotopic (exact) mass is 282 g/mol. The van der Waals surface area contributed by atoms with Crippen LogP contribution in [-0.4, -0.2) is 5.78 Å². The molecule has 0 aromatic heterocycles. The van der Waals surface area contributed by atoms with Gasteiger partial charge >= 0.3 is 0 Å². The first kappa shape index (κ1) is 13.5. The van der Waals surface area contributed by atoms with Gasteiger partial charge in [-0.3, -0.25) is 0 Å². The topological polar surface area (TPSA) is 17.1 Å². The van der Waals surface area contributed by atoms with E-state index in [1.807, 2.05) is 0 Å². The lowest BCUT2D eigenvalue weighted by Crippen LogP contribution is -2.52. The van der Waals surface area contributed by atoms with Crippen molar-refractivity contribution in [1.82, 2.24) is 0 Å². The van der Waals surface area contributed by atoms with Crippen LogP contribution in [0.1, 0.15) is 62.5 Å². The second-order valence-electron chi connectivity index (χ2n) is 8.24. The molecule has 1 nitrogen and oxygen atoms in total. The summed E-state index contributed by atoms with van der Waals surface area (Å²) in [6.45, 7) is 3.99. The number of Topliss-reactive ketones (excluding diaryl/α,β-unsaturated/α-hetero) is 1. The lowest BCUT2D eigenvalue weighted by Gasteiger charge is -2.61. The zero-order valence-corrected chi connectivity index (χ0v) is 13.3. The van der Waals surface area contributed by atoms with Crippen LogP contribution in [0.25, 0.3) is 0 Å². The van der Waals surface area contributed by atoms with Crippen LogP contribution < -0.4 is 0 Å². The molecule has 112 valence electrons. The third kappa shape index (κ3) is 2.17. The van der Waals surface area contributed by atoms with Gasteiger partial charge < -0.3 is 4.79 Å². The van der Waals surface area contributed by atoms with Crippen LogP contribution >= 0.6 is 0 Å². The van der Waals surface area contributed by atoms with E-state index in [1.165, 1.54) is 43.2 Å². The van der Waals surface area contributed by atoms with Gasteiger partial charge in [0, 0.05) is 6.42 Å². The van der Waals surface area contributed by atoms with Gasteiger partial charge in [0.1, 0.15) is 5.78 Å². The maximum Gasteiger partial charge on any atom is 0.130 e. The van der Waals surface area contributed by atoms with Crippen LogP contribution in [0.15, 0.2) is 24.3 Å². The van der Waals surface area contributed by atoms with E-state index in [9.17, 15) is 4.79 Å². The molecule has 4 aliphatic carbocycles. The minimum Gasteiger partial charge on any atom is -0.300 e. The first-order valence-electron chi connectivity index (χ1n) is 8.62. The molecular weight excluding hydrogens is 256 g/mol. The van der Waals surface area contributed by atoms with Crippen LogP contribution in [0.5, 0.6) is 0 Å². The molecule has 0 N–H and O–H groups in total. The highest BCUT2D eigenvalue weighted by Gasteiger charge is 2.57. The minimum atomic E-state index is 0.286. The van der Waals surface area contributed by atoms with E-state index in [-0.39, 0.29) is 5.41 Å². The molecule has 0 heterocycles. The highest BCUT2D eigenvalue weighted by atomic mass is 16.1. The quantitative estimate of drug-likeness (QED) is 0.772. The highest BCUT2D eigenvalue weighted by molar-refractivity contribution is 5.76. The molecular formula is C20H26O. The Balaban J connectivity index is 1.78. The number of rotatable bonds is 3. The van der Waals surface area contributed by atoms with Gasteiger partial charge in [-0.05, 0) is 80.6 Å². The van der Waals surface area contributed by atoms with Crippen LogP contribution in [0.2, 0.25) is 0 Å². The van der Waals surface area contributed by atoms with E-state index in [4.69, 9.17) is 0 Å². The number of ketones is 1. The summed E-state index contributed by atoms with van der Waals surface area (Å²) in [5.74, 6) is 3.67. The molecule has 4 aliphatic rings. The summed E-state index contributed by atoms with van der Waals surface area (Å²) in [6, 6.07) is 9.10. The van der Waals surface area contributed by atoms with Crippen molar-refractivity contribution in [2.75, 3.05) is 0 Å². The zero-order valence-electron chi connectivity index (χ0n) is 13.3. The Labute approximate surface area is 128 Å². The average Bonchev–Trinajstić information content (AvgIpc) is 2.35. The SMILES string of the molecule is CC(=O)CC12CC3CC(CC(C3)C1c1cccc(C)c1)C2. The molecule has 0 saturated heterocycles. The minimum absolute atomic E-state index is 0.286. The summed E-state index contributed by atoms with van der Waals surface area (Å²) >= 11 is 0. The molecule has 3 atom stereocenters. The van der Waals surface area contributed by atoms with Crippen molar-refractivity contribution in [3.05, 3.63) is 35.4 Å². The summed E-state index contributed by atoms with van der Waals surface area (Å²) < 4.78 is 0. The smallest absolute Gasteiger partial charge is 0.130 e. The molecule has 1 aromatic rings. The second kappa shape index (κ2) is 4.69. The molecule has 0 aliphatic heterocycles. The number of benzene rings is 1. The number of aryl methyl sites for hydroxylation is 1. The first-order chi connectivity index (χ1) is 10.1. The molecule has 4 saturated carbocycles. The molecule has 0 spiro atoms. The Morgan fingerprint density at radius 3 is 2.52 bits per heavy atom. The van der Waals surface area contributed by atoms with Crippen molar-refractivity contribution in [2.45, 2.75) is 58.3 Å². The normalized spacial score (nSPS) is 40.5. The van der Waals surface area contributed by atoms with E-state index in [0.717, 1.165) is 24.2 Å². The molecule has 0 amide bonds. The van der Waals surface area contributed by atoms with E-state index < -0.39 is 0 Å². The van der Waals surface area contributed by atoms with Gasteiger partial charge in [-0.25, -0.2) is 0 Å². The fourth-order valence-electron chi connectivity index (χ4n) is 6.45. The maximum atomic E-state index is 12.0. The zero-order chi connectivity index (χ0) is 14.6. The van der Waals surface area contributed by atoms with Gasteiger partial charge in [0.15, 0.2) is 0 Å². The highest BCUT2D eigenvalue weighted by Crippen LogP contribution is 2.67. The molecule has 4 fully saturated rings. The molecule has 0 radical (unpaired) electrons. The Hall–Kier alpha value is -1.11. The van der Waals surface area contributed by atoms with Gasteiger partial charge in [0.2, 0.25) is 0 Å². The van der Waals surface area contributed by atoms with Gasteiger partial charge in [0.25, 0.3) is 0 Å². The Morgan fingerprint density at radius 2 is 1.90 bits per heavy atom. The van der Waals surface area contributed by atoms with E-state index in [2.05, 4.69) is 31.2 Å². The van der Waals surface area contributed by atoms with Crippen molar-refractivity contribution in [2.24, 2.45) is 23.2 Å². The summed E-state index contributed by atoms with van der Waals surface area (Å²) in [5.41, 5.74) is 3.16. The van der Waals surface area contributed by atoms with Crippen molar-refractivity contribution < 1.29 is 4.79 Å². The number of carbonyl (C=O) groups is 1. The first-order valence-corrected chi connectivity index (χ1v) is 8.62. The van der Waals surface area contributed by atoms with E-state index in [0.29, 0.717) is 11.7 Å². The number of hydrogen-bond acceptors (Lipinski definition) is 1. The standard InChI is InChI=1S/C20H26O/c1-13-4-3-5-17(6-13)19-18-8-15-7-16(9-18)12-20(19,11-15)10-14(2)21/h3-6,15-16,18-19H,7-12H2,1-2H3. The molecule has 1 heteroatoms. The van der Waals surface area contributed by atoms with Crippen molar-refractivity contribution in [3.63, 3.8) is 0 Å². The van der Waals surface area contributed by atoms with Crippen molar-refractivity contribution in [1.29, 1.82) is 0 Å². The lowest BCUT2D eigenvalue weighted by atomic mass is 9.43. The molecule has 3 unspecified atom stereocenters. The van der Waals surface area contributed by atoms with Gasteiger partial charge in [-0.1, -0.05) is 29.8 Å². The van der Waals surface area contributed by atoms with Gasteiger partial charge in [-0.15, -0.1) is 0 Å². The maximum absolute atomic E-state index is 12.0. The summed E-state index contributed by atoms with van der Waals surface area (Å²) in [6.07, 6.45) is 7.69. The van der Waals surface area contributed by atoms with Crippen molar-refractivity contribution >= 4 is 5.78 Å². The fourth-order valence-corrected chi connectivity index (χ4v) is 6.45. The molecule has 5 rings (SSSR count). The Kier molecular flexibility index (Phi) is 3.03. The summed E-state index contributed by atoms with van der Waals surface area (Å²) in [7, 11) is 0. The molecule has 1 aromatic carbocycles. The number of hydrogen-bond donors (Lipinski definition) is 0. The third-order valence-corrected chi connectivity index (χ3v) is 6.46. The Bertz CT molecular complexity index is 559. The van der Waals surface area contributed by atoms with Crippen LogP contribution in [0, 0.1) is 30.1 Å². The molecule has 21 heavy (non-hydrogen) atoms. The van der Waals surface area contributed by atoms with Crippen LogP contribution in [0.3, 0.4) is 0 Å². The van der Waals surface area contributed by atoms with Gasteiger partial charge in [0.05, 0.1) is 0 Å². The summed E-state index contributed by atoms with van der Waals surface area (Å²) in [4.78, 5) is 12.0. The fraction of sp³-hybridized carbons (Fsp3) is 0.650. The molecule has 4 bridgehead atoms. The predicted molar refractivity (Wildman–Crippen MR) is 85.2 cm³/mol. The van der Waals surface area contributed by atoms with Crippen molar-refractivity contribution in [3.8, 4) is 0 Å². The number of carbonyl (C=O) groups excluding carboxylic acids is 1. The van der Waals surface area contributed by atoms with Gasteiger partial charge in [-0.2, -0.15) is 0 Å². The van der Waals surface area contributed by atoms with E-state index in [1.54, 1.807) is 6.92 Å². The lowest BCUT2D eigenvalue weighted by molar-refractivity contribution is -0.128. The third-order valence-electron chi connectivity index (χ3n) is 6.46. The largest absolute Gasteiger partial charge is 0.300 e. The van der Waals surface area contributed by atoms with Crippen LogP contribution in [0.4, 0.5) is 0 Å². The second-order valence-corrected chi connectivity index (χ2v) is 8.24. The van der Waals surface area contributed by atoms with Crippen LogP contribution in [-0.2, 0) is 4.79 Å². The average molecular weight is 282 g/mol. The van der Waals surface area contributed by atoms with E-state index >= 15 is 0 Å².